The van der Waals surface area contributed by atoms with Gasteiger partial charge in [-0.1, -0.05) is 25.7 Å². The van der Waals surface area contributed by atoms with Gasteiger partial charge in [-0.25, -0.2) is 0 Å². The average molecular weight is 213 g/mol. The van der Waals surface area contributed by atoms with Crippen LogP contribution in [0.15, 0.2) is 0 Å². The van der Waals surface area contributed by atoms with Crippen molar-refractivity contribution in [2.24, 2.45) is 5.73 Å². The van der Waals surface area contributed by atoms with Crippen LogP contribution in [0.2, 0.25) is 0 Å². The van der Waals surface area contributed by atoms with Gasteiger partial charge in [-0.15, -0.1) is 24.8 Å². The normalized spacial score (nSPS) is 7.67. The Kier molecular flexibility index (Phi) is 20.4. The van der Waals surface area contributed by atoms with Gasteiger partial charge in [0.25, 0.3) is 0 Å². The van der Waals surface area contributed by atoms with Crippen LogP contribution in [0.4, 0.5) is 0 Å². The topological polar surface area (TPSA) is 29.3 Å². The number of hydrogen-bond donors (Lipinski definition) is 1. The van der Waals surface area contributed by atoms with Crippen LogP contribution in [0.1, 0.15) is 13.8 Å². The molecule has 0 amide bonds. The van der Waals surface area contributed by atoms with Crippen LogP contribution in [0.3, 0.4) is 0 Å². The SMILES string of the molecule is CCN(CC)CC#CCN.Cl.Cl. The average Bonchev–Trinajstić information content (AvgIpc) is 1.99. The Bertz CT molecular complexity index is 125. The van der Waals surface area contributed by atoms with Gasteiger partial charge < -0.3 is 5.73 Å². The Balaban J connectivity index is -0.000000405. The third-order valence-electron chi connectivity index (χ3n) is 1.42. The second-order valence-electron chi connectivity index (χ2n) is 2.02. The molecule has 0 aromatic heterocycles. The van der Waals surface area contributed by atoms with E-state index in [0.717, 1.165) is 19.6 Å². The summed E-state index contributed by atoms with van der Waals surface area (Å²) in [5.41, 5.74) is 5.21. The quantitative estimate of drug-likeness (QED) is 0.712. The van der Waals surface area contributed by atoms with Gasteiger partial charge in [-0.3, -0.25) is 4.90 Å². The molecule has 0 saturated heterocycles. The van der Waals surface area contributed by atoms with Crippen LogP contribution in [-0.2, 0) is 0 Å². The van der Waals surface area contributed by atoms with E-state index in [4.69, 9.17) is 5.73 Å². The highest BCUT2D eigenvalue weighted by molar-refractivity contribution is 5.85. The van der Waals surface area contributed by atoms with E-state index in [0.29, 0.717) is 6.54 Å². The molecule has 0 heterocycles. The fourth-order valence-corrected chi connectivity index (χ4v) is 0.687. The maximum absolute atomic E-state index is 5.21. The van der Waals surface area contributed by atoms with Crippen LogP contribution in [0.5, 0.6) is 0 Å². The first kappa shape index (κ1) is 18.0. The number of hydrogen-bond acceptors (Lipinski definition) is 2. The Labute approximate surface area is 87.7 Å². The van der Waals surface area contributed by atoms with Crippen LogP contribution < -0.4 is 5.73 Å². The first-order valence-corrected chi connectivity index (χ1v) is 3.73. The zero-order chi connectivity index (χ0) is 7.82. The largest absolute Gasteiger partial charge is 0.320 e. The maximum atomic E-state index is 5.21. The molecule has 0 unspecified atom stereocenters. The Morgan fingerprint density at radius 1 is 1.08 bits per heavy atom. The minimum atomic E-state index is 0. The van der Waals surface area contributed by atoms with E-state index in [-0.39, 0.29) is 24.8 Å². The highest BCUT2D eigenvalue weighted by atomic mass is 35.5. The van der Waals surface area contributed by atoms with Gasteiger partial charge >= 0.3 is 0 Å². The molecule has 0 spiro atoms. The van der Waals surface area contributed by atoms with Crippen molar-refractivity contribution in [2.45, 2.75) is 13.8 Å². The van der Waals surface area contributed by atoms with Crippen molar-refractivity contribution in [3.05, 3.63) is 0 Å². The monoisotopic (exact) mass is 212 g/mol. The molecule has 12 heavy (non-hydrogen) atoms. The summed E-state index contributed by atoms with van der Waals surface area (Å²) in [4.78, 5) is 2.25. The Hall–Kier alpha value is 0.0600. The first-order chi connectivity index (χ1) is 4.85. The number of nitrogens with two attached hydrogens (primary N) is 1. The second-order valence-corrected chi connectivity index (χ2v) is 2.02. The summed E-state index contributed by atoms with van der Waals surface area (Å²) in [5.74, 6) is 5.82. The molecular weight excluding hydrogens is 195 g/mol. The summed E-state index contributed by atoms with van der Waals surface area (Å²) in [6.45, 7) is 7.72. The van der Waals surface area contributed by atoms with E-state index in [1.54, 1.807) is 0 Å². The number of rotatable bonds is 3. The predicted octanol–water partition coefficient (Wildman–Crippen LogP) is 1.13. The molecule has 0 aliphatic heterocycles. The minimum Gasteiger partial charge on any atom is -0.320 e. The minimum absolute atomic E-state index is 0. The van der Waals surface area contributed by atoms with Crippen molar-refractivity contribution in [3.8, 4) is 11.8 Å². The van der Waals surface area contributed by atoms with E-state index < -0.39 is 0 Å². The Morgan fingerprint density at radius 2 is 1.58 bits per heavy atom. The number of nitrogens with zero attached hydrogens (tertiary/aromatic N) is 1. The zero-order valence-corrected chi connectivity index (χ0v) is 9.30. The van der Waals surface area contributed by atoms with Crippen LogP contribution in [0, 0.1) is 11.8 Å². The van der Waals surface area contributed by atoms with Gasteiger partial charge in [0, 0.05) is 0 Å². The van der Waals surface area contributed by atoms with Gasteiger partial charge in [0.05, 0.1) is 13.1 Å². The van der Waals surface area contributed by atoms with Gasteiger partial charge in [-0.2, -0.15) is 0 Å². The van der Waals surface area contributed by atoms with Gasteiger partial charge in [0.15, 0.2) is 0 Å². The van der Waals surface area contributed by atoms with Gasteiger partial charge in [0.2, 0.25) is 0 Å². The summed E-state index contributed by atoms with van der Waals surface area (Å²) in [6, 6.07) is 0. The molecule has 0 aromatic rings. The smallest absolute Gasteiger partial charge is 0.0601 e. The molecule has 74 valence electrons. The molecule has 0 atom stereocenters. The van der Waals surface area contributed by atoms with E-state index in [9.17, 15) is 0 Å². The zero-order valence-electron chi connectivity index (χ0n) is 7.67. The highest BCUT2D eigenvalue weighted by Gasteiger charge is 1.92. The fraction of sp³-hybridized carbons (Fsp3) is 0.750. The van der Waals surface area contributed by atoms with Crippen molar-refractivity contribution in [3.63, 3.8) is 0 Å². The maximum Gasteiger partial charge on any atom is 0.0601 e. The van der Waals surface area contributed by atoms with Crippen molar-refractivity contribution in [1.29, 1.82) is 0 Å². The molecule has 0 rings (SSSR count). The van der Waals surface area contributed by atoms with Gasteiger partial charge in [0.1, 0.15) is 0 Å². The summed E-state index contributed by atoms with van der Waals surface area (Å²) in [7, 11) is 0. The van der Waals surface area contributed by atoms with Crippen molar-refractivity contribution in [1.82, 2.24) is 4.90 Å². The molecule has 2 nitrogen and oxygen atoms in total. The van der Waals surface area contributed by atoms with Crippen molar-refractivity contribution >= 4 is 24.8 Å². The number of halogens is 2. The summed E-state index contributed by atoms with van der Waals surface area (Å²) < 4.78 is 0. The lowest BCUT2D eigenvalue weighted by Crippen LogP contribution is -2.23. The summed E-state index contributed by atoms with van der Waals surface area (Å²) in [6.07, 6.45) is 0. The van der Waals surface area contributed by atoms with E-state index in [2.05, 4.69) is 30.6 Å². The third-order valence-corrected chi connectivity index (χ3v) is 1.42. The van der Waals surface area contributed by atoms with E-state index >= 15 is 0 Å². The molecule has 0 fully saturated rings. The lowest BCUT2D eigenvalue weighted by molar-refractivity contribution is 0.342. The van der Waals surface area contributed by atoms with E-state index in [1.807, 2.05) is 0 Å². The lowest BCUT2D eigenvalue weighted by atomic mass is 10.4. The van der Waals surface area contributed by atoms with Crippen molar-refractivity contribution in [2.75, 3.05) is 26.2 Å². The molecule has 4 heteroatoms. The fourth-order valence-electron chi connectivity index (χ4n) is 0.687. The summed E-state index contributed by atoms with van der Waals surface area (Å²) >= 11 is 0. The molecule has 0 radical (unpaired) electrons. The second kappa shape index (κ2) is 13.6. The molecule has 0 aliphatic carbocycles. The van der Waals surface area contributed by atoms with Crippen LogP contribution in [0.25, 0.3) is 0 Å². The molecule has 0 bridgehead atoms. The van der Waals surface area contributed by atoms with Gasteiger partial charge in [-0.05, 0) is 13.1 Å². The molecule has 2 N–H and O–H groups in total. The standard InChI is InChI=1S/C8H16N2.2ClH/c1-3-10(4-2)8-6-5-7-9;;/h3-4,7-9H2,1-2H3;2*1H. The lowest BCUT2D eigenvalue weighted by Gasteiger charge is -2.12. The van der Waals surface area contributed by atoms with Crippen molar-refractivity contribution < 1.29 is 0 Å². The third kappa shape index (κ3) is 10.1. The van der Waals surface area contributed by atoms with Crippen LogP contribution in [-0.4, -0.2) is 31.1 Å². The Morgan fingerprint density at radius 3 is 1.92 bits per heavy atom. The molecule has 0 saturated carbocycles. The molecular formula is C8H18Cl2N2. The summed E-state index contributed by atoms with van der Waals surface area (Å²) in [5, 5.41) is 0. The molecule has 0 aromatic carbocycles. The van der Waals surface area contributed by atoms with Crippen LogP contribution >= 0.6 is 24.8 Å². The predicted molar refractivity (Wildman–Crippen MR) is 59.1 cm³/mol. The highest BCUT2D eigenvalue weighted by Crippen LogP contribution is 1.82. The first-order valence-electron chi connectivity index (χ1n) is 3.73. The molecule has 0 aliphatic rings. The van der Waals surface area contributed by atoms with E-state index in [1.165, 1.54) is 0 Å².